The lowest BCUT2D eigenvalue weighted by molar-refractivity contribution is 1.16. The number of nitrogens with one attached hydrogen (secondary N) is 1. The molecule has 0 saturated carbocycles. The van der Waals surface area contributed by atoms with Crippen molar-refractivity contribution in [3.05, 3.63) is 60.2 Å². The highest BCUT2D eigenvalue weighted by Gasteiger charge is 2.09. The molecule has 92 valence electrons. The number of benzene rings is 3. The molecule has 4 aromatic rings. The molecule has 0 atom stereocenters. The van der Waals surface area contributed by atoms with Gasteiger partial charge in [-0.1, -0.05) is 49.4 Å². The number of aryl methyl sites for hydroxylation is 1. The highest BCUT2D eigenvalue weighted by atomic mass is 14.7. The number of aromatic amines is 1. The van der Waals surface area contributed by atoms with Gasteiger partial charge in [-0.3, -0.25) is 0 Å². The summed E-state index contributed by atoms with van der Waals surface area (Å²) >= 11 is 0. The summed E-state index contributed by atoms with van der Waals surface area (Å²) in [7, 11) is 0. The van der Waals surface area contributed by atoms with Crippen LogP contribution in [-0.2, 0) is 6.42 Å². The van der Waals surface area contributed by atoms with Gasteiger partial charge in [0.15, 0.2) is 0 Å². The Morgan fingerprint density at radius 2 is 1.47 bits per heavy atom. The van der Waals surface area contributed by atoms with Crippen LogP contribution in [0.2, 0.25) is 0 Å². The summed E-state index contributed by atoms with van der Waals surface area (Å²) in [4.78, 5) is 3.57. The molecule has 19 heavy (non-hydrogen) atoms. The van der Waals surface area contributed by atoms with Gasteiger partial charge in [-0.15, -0.1) is 0 Å². The summed E-state index contributed by atoms with van der Waals surface area (Å²) in [6, 6.07) is 19.6. The fourth-order valence-electron chi connectivity index (χ4n) is 3.05. The molecule has 1 nitrogen and oxygen atoms in total. The zero-order chi connectivity index (χ0) is 12.8. The van der Waals surface area contributed by atoms with Crippen molar-refractivity contribution < 1.29 is 0 Å². The van der Waals surface area contributed by atoms with Crippen LogP contribution in [0.25, 0.3) is 32.6 Å². The minimum absolute atomic E-state index is 1.07. The quantitative estimate of drug-likeness (QED) is 0.483. The summed E-state index contributed by atoms with van der Waals surface area (Å²) in [5.41, 5.74) is 3.90. The first-order chi connectivity index (χ1) is 9.38. The standard InChI is InChI=1S/C18H15N/c1-2-12-11-16-14-8-5-6-10-17(14)19-18(16)15-9-4-3-7-13(12)15/h3-11,19H,2H2,1H3. The van der Waals surface area contributed by atoms with Crippen LogP contribution in [0.1, 0.15) is 12.5 Å². The Bertz CT molecular complexity index is 899. The second-order valence-corrected chi connectivity index (χ2v) is 5.03. The number of hydrogen-bond donors (Lipinski definition) is 1. The third-order valence-corrected chi connectivity index (χ3v) is 3.99. The molecule has 0 amide bonds. The van der Waals surface area contributed by atoms with Crippen LogP contribution in [0.4, 0.5) is 0 Å². The lowest BCUT2D eigenvalue weighted by atomic mass is 9.99. The fraction of sp³-hybridized carbons (Fsp3) is 0.111. The summed E-state index contributed by atoms with van der Waals surface area (Å²) in [6.07, 6.45) is 1.07. The molecular formula is C18H15N. The number of rotatable bonds is 1. The van der Waals surface area contributed by atoms with E-state index in [4.69, 9.17) is 0 Å². The Morgan fingerprint density at radius 3 is 2.26 bits per heavy atom. The lowest BCUT2D eigenvalue weighted by Gasteiger charge is -2.06. The molecule has 0 saturated heterocycles. The molecule has 1 N–H and O–H groups in total. The summed E-state index contributed by atoms with van der Waals surface area (Å²) in [5, 5.41) is 5.35. The van der Waals surface area contributed by atoms with Crippen molar-refractivity contribution >= 4 is 32.6 Å². The molecule has 0 aliphatic rings. The smallest absolute Gasteiger partial charge is 0.0544 e. The van der Waals surface area contributed by atoms with Gasteiger partial charge >= 0.3 is 0 Å². The Morgan fingerprint density at radius 1 is 0.789 bits per heavy atom. The monoisotopic (exact) mass is 245 g/mol. The van der Waals surface area contributed by atoms with Gasteiger partial charge in [0.1, 0.15) is 0 Å². The molecule has 1 heteroatoms. The molecule has 0 bridgehead atoms. The van der Waals surface area contributed by atoms with E-state index in [1.807, 2.05) is 0 Å². The Balaban J connectivity index is 2.32. The van der Waals surface area contributed by atoms with E-state index in [9.17, 15) is 0 Å². The molecule has 0 radical (unpaired) electrons. The highest BCUT2D eigenvalue weighted by Crippen LogP contribution is 2.33. The maximum Gasteiger partial charge on any atom is 0.0544 e. The number of para-hydroxylation sites is 1. The van der Waals surface area contributed by atoms with E-state index in [1.165, 1.54) is 38.1 Å². The summed E-state index contributed by atoms with van der Waals surface area (Å²) < 4.78 is 0. The van der Waals surface area contributed by atoms with E-state index in [-0.39, 0.29) is 0 Å². The maximum atomic E-state index is 3.57. The van der Waals surface area contributed by atoms with E-state index in [2.05, 4.69) is 66.5 Å². The van der Waals surface area contributed by atoms with Crippen molar-refractivity contribution in [2.24, 2.45) is 0 Å². The molecular weight excluding hydrogens is 230 g/mol. The average Bonchev–Trinajstić information content (AvgIpc) is 2.85. The number of H-pyrrole nitrogens is 1. The van der Waals surface area contributed by atoms with Crippen LogP contribution in [0, 0.1) is 0 Å². The summed E-state index contributed by atoms with van der Waals surface area (Å²) in [6.45, 7) is 2.22. The van der Waals surface area contributed by atoms with E-state index in [1.54, 1.807) is 0 Å². The van der Waals surface area contributed by atoms with Crippen LogP contribution in [0.15, 0.2) is 54.6 Å². The minimum Gasteiger partial charge on any atom is -0.354 e. The number of hydrogen-bond acceptors (Lipinski definition) is 0. The molecule has 1 aromatic heterocycles. The largest absolute Gasteiger partial charge is 0.354 e. The molecule has 4 rings (SSSR count). The molecule has 0 fully saturated rings. The predicted octanol–water partition coefficient (Wildman–Crippen LogP) is 5.04. The maximum absolute atomic E-state index is 3.57. The molecule has 3 aromatic carbocycles. The van der Waals surface area contributed by atoms with Gasteiger partial charge in [0.05, 0.1) is 5.52 Å². The lowest BCUT2D eigenvalue weighted by Crippen LogP contribution is -1.84. The third-order valence-electron chi connectivity index (χ3n) is 3.99. The van der Waals surface area contributed by atoms with E-state index in [0.29, 0.717) is 0 Å². The molecule has 0 aliphatic carbocycles. The van der Waals surface area contributed by atoms with Gasteiger partial charge in [0.25, 0.3) is 0 Å². The van der Waals surface area contributed by atoms with Gasteiger partial charge in [-0.25, -0.2) is 0 Å². The Labute approximate surface area is 111 Å². The zero-order valence-corrected chi connectivity index (χ0v) is 10.9. The second-order valence-electron chi connectivity index (χ2n) is 5.03. The zero-order valence-electron chi connectivity index (χ0n) is 10.9. The number of aromatic nitrogens is 1. The van der Waals surface area contributed by atoms with Crippen molar-refractivity contribution in [3.63, 3.8) is 0 Å². The first-order valence-corrected chi connectivity index (χ1v) is 6.79. The van der Waals surface area contributed by atoms with Gasteiger partial charge in [-0.2, -0.15) is 0 Å². The molecule has 0 spiro atoms. The second kappa shape index (κ2) is 3.86. The topological polar surface area (TPSA) is 15.8 Å². The van der Waals surface area contributed by atoms with Gasteiger partial charge in [0, 0.05) is 21.7 Å². The van der Waals surface area contributed by atoms with Gasteiger partial charge in [0.2, 0.25) is 0 Å². The van der Waals surface area contributed by atoms with Gasteiger partial charge in [-0.05, 0) is 29.5 Å². The van der Waals surface area contributed by atoms with Crippen molar-refractivity contribution in [2.45, 2.75) is 13.3 Å². The van der Waals surface area contributed by atoms with Crippen LogP contribution >= 0.6 is 0 Å². The first kappa shape index (κ1) is 10.6. The van der Waals surface area contributed by atoms with Crippen LogP contribution in [0.5, 0.6) is 0 Å². The van der Waals surface area contributed by atoms with Crippen LogP contribution in [-0.4, -0.2) is 4.98 Å². The molecule has 1 heterocycles. The first-order valence-electron chi connectivity index (χ1n) is 6.79. The molecule has 0 aliphatic heterocycles. The molecule has 0 unspecified atom stereocenters. The SMILES string of the molecule is CCc1cc2c3ccccc3[nH]c2c2ccccc12. The van der Waals surface area contributed by atoms with Crippen molar-refractivity contribution in [2.75, 3.05) is 0 Å². The number of fused-ring (bicyclic) bond motifs is 5. The minimum atomic E-state index is 1.07. The highest BCUT2D eigenvalue weighted by molar-refractivity contribution is 6.17. The van der Waals surface area contributed by atoms with Crippen LogP contribution in [0.3, 0.4) is 0 Å². The fourth-order valence-corrected chi connectivity index (χ4v) is 3.05. The van der Waals surface area contributed by atoms with Gasteiger partial charge < -0.3 is 4.98 Å². The Hall–Kier alpha value is -2.28. The third kappa shape index (κ3) is 1.42. The predicted molar refractivity (Wildman–Crippen MR) is 82.7 cm³/mol. The van der Waals surface area contributed by atoms with E-state index >= 15 is 0 Å². The van der Waals surface area contributed by atoms with E-state index in [0.717, 1.165) is 6.42 Å². The normalized spacial score (nSPS) is 11.6. The van der Waals surface area contributed by atoms with Crippen molar-refractivity contribution in [1.29, 1.82) is 0 Å². The summed E-state index contributed by atoms with van der Waals surface area (Å²) in [5.74, 6) is 0. The van der Waals surface area contributed by atoms with Crippen molar-refractivity contribution in [3.8, 4) is 0 Å². The van der Waals surface area contributed by atoms with Crippen molar-refractivity contribution in [1.82, 2.24) is 4.98 Å². The van der Waals surface area contributed by atoms with E-state index < -0.39 is 0 Å². The van der Waals surface area contributed by atoms with Crippen LogP contribution < -0.4 is 0 Å². The Kier molecular flexibility index (Phi) is 2.16. The average molecular weight is 245 g/mol.